The minimum Gasteiger partial charge on any atom is -0.422 e. The van der Waals surface area contributed by atoms with E-state index in [1.54, 1.807) is 22.9 Å². The molecular formula is C21H19FN4O3. The summed E-state index contributed by atoms with van der Waals surface area (Å²) in [5.41, 5.74) is 2.21. The van der Waals surface area contributed by atoms with Crippen LogP contribution in [0.15, 0.2) is 58.0 Å². The molecule has 0 unspecified atom stereocenters. The Bertz CT molecular complexity index is 1260. The molecule has 0 aliphatic carbocycles. The number of aliphatic hydroxyl groups is 1. The summed E-state index contributed by atoms with van der Waals surface area (Å²) in [7, 11) is 0. The number of imidazole rings is 1. The van der Waals surface area contributed by atoms with Gasteiger partial charge in [0.25, 0.3) is 0 Å². The van der Waals surface area contributed by atoms with Crippen molar-refractivity contribution in [2.24, 2.45) is 0 Å². The van der Waals surface area contributed by atoms with Gasteiger partial charge < -0.3 is 18.8 Å². The first-order chi connectivity index (χ1) is 14.1. The third kappa shape index (κ3) is 3.26. The highest BCUT2D eigenvalue weighted by molar-refractivity contribution is 5.84. The van der Waals surface area contributed by atoms with Crippen molar-refractivity contribution in [1.29, 1.82) is 0 Å². The predicted molar refractivity (Wildman–Crippen MR) is 107 cm³/mol. The molecule has 8 heteroatoms. The van der Waals surface area contributed by atoms with Crippen molar-refractivity contribution in [3.05, 3.63) is 65.0 Å². The molecule has 0 spiro atoms. The molecule has 5 rings (SSSR count). The van der Waals surface area contributed by atoms with E-state index < -0.39 is 5.63 Å². The molecule has 1 N–H and O–H groups in total. The second-order valence-corrected chi connectivity index (χ2v) is 7.15. The number of aliphatic hydroxyl groups excluding tert-OH is 1. The van der Waals surface area contributed by atoms with Crippen molar-refractivity contribution < 1.29 is 13.9 Å². The zero-order valence-corrected chi connectivity index (χ0v) is 15.6. The number of piperazine rings is 1. The number of halogens is 1. The molecule has 0 bridgehead atoms. The van der Waals surface area contributed by atoms with E-state index in [0.717, 1.165) is 37.3 Å². The first kappa shape index (κ1) is 17.8. The summed E-state index contributed by atoms with van der Waals surface area (Å²) < 4.78 is 20.7. The molecule has 29 heavy (non-hydrogen) atoms. The van der Waals surface area contributed by atoms with Crippen LogP contribution in [0.1, 0.15) is 0 Å². The van der Waals surface area contributed by atoms with E-state index in [9.17, 15) is 14.3 Å². The predicted octanol–water partition coefficient (Wildman–Crippen LogP) is 2.32. The Morgan fingerprint density at radius 2 is 1.93 bits per heavy atom. The fraction of sp³-hybridized carbons (Fsp3) is 0.238. The van der Waals surface area contributed by atoms with Gasteiger partial charge in [-0.05, 0) is 24.3 Å². The van der Waals surface area contributed by atoms with Crippen LogP contribution in [0.3, 0.4) is 0 Å². The number of aromatic nitrogens is 2. The van der Waals surface area contributed by atoms with E-state index in [4.69, 9.17) is 4.42 Å². The Morgan fingerprint density at radius 1 is 1.10 bits per heavy atom. The van der Waals surface area contributed by atoms with Gasteiger partial charge in [0.05, 0.1) is 18.0 Å². The van der Waals surface area contributed by atoms with Gasteiger partial charge in [0.15, 0.2) is 0 Å². The van der Waals surface area contributed by atoms with Crippen LogP contribution in [-0.4, -0.2) is 52.3 Å². The lowest BCUT2D eigenvalue weighted by Crippen LogP contribution is -2.46. The average molecular weight is 394 g/mol. The summed E-state index contributed by atoms with van der Waals surface area (Å²) in [6, 6.07) is 10.2. The van der Waals surface area contributed by atoms with E-state index in [0.29, 0.717) is 22.5 Å². The quantitative estimate of drug-likeness (QED) is 0.538. The highest BCUT2D eigenvalue weighted by Crippen LogP contribution is 2.26. The minimum atomic E-state index is -0.483. The molecule has 148 valence electrons. The number of rotatable bonds is 3. The molecule has 4 aromatic rings. The maximum Gasteiger partial charge on any atom is 0.345 e. The van der Waals surface area contributed by atoms with Crippen LogP contribution in [0.25, 0.3) is 27.9 Å². The third-order valence-electron chi connectivity index (χ3n) is 5.36. The second-order valence-electron chi connectivity index (χ2n) is 7.15. The molecule has 0 atom stereocenters. The van der Waals surface area contributed by atoms with Crippen molar-refractivity contribution >= 4 is 22.3 Å². The van der Waals surface area contributed by atoms with Crippen molar-refractivity contribution in [1.82, 2.24) is 14.3 Å². The normalized spacial score (nSPS) is 15.4. The van der Waals surface area contributed by atoms with E-state index >= 15 is 0 Å². The van der Waals surface area contributed by atoms with Crippen LogP contribution in [0.5, 0.6) is 0 Å². The number of benzene rings is 1. The second kappa shape index (κ2) is 6.98. The fourth-order valence-corrected chi connectivity index (χ4v) is 3.71. The molecule has 0 saturated carbocycles. The first-order valence-corrected chi connectivity index (χ1v) is 9.41. The number of pyridine rings is 1. The van der Waals surface area contributed by atoms with Gasteiger partial charge >= 0.3 is 5.63 Å². The number of hydrogen-bond donors (Lipinski definition) is 1. The van der Waals surface area contributed by atoms with Gasteiger partial charge in [-0.1, -0.05) is 0 Å². The number of anilines is 1. The molecule has 1 fully saturated rings. The van der Waals surface area contributed by atoms with Crippen LogP contribution >= 0.6 is 0 Å². The Morgan fingerprint density at radius 3 is 2.72 bits per heavy atom. The van der Waals surface area contributed by atoms with Crippen molar-refractivity contribution in [2.45, 2.75) is 0 Å². The van der Waals surface area contributed by atoms with Crippen LogP contribution in [0.2, 0.25) is 0 Å². The highest BCUT2D eigenvalue weighted by atomic mass is 19.1. The molecule has 1 aliphatic rings. The molecule has 3 aromatic heterocycles. The van der Waals surface area contributed by atoms with E-state index in [-0.39, 0.29) is 12.5 Å². The van der Waals surface area contributed by atoms with Gasteiger partial charge in [-0.2, -0.15) is 0 Å². The van der Waals surface area contributed by atoms with Gasteiger partial charge in [-0.15, -0.1) is 0 Å². The Kier molecular flexibility index (Phi) is 4.30. The summed E-state index contributed by atoms with van der Waals surface area (Å²) >= 11 is 0. The first-order valence-electron chi connectivity index (χ1n) is 9.41. The van der Waals surface area contributed by atoms with Crippen LogP contribution < -0.4 is 10.5 Å². The van der Waals surface area contributed by atoms with Gasteiger partial charge in [-0.3, -0.25) is 4.90 Å². The molecule has 0 amide bonds. The van der Waals surface area contributed by atoms with Gasteiger partial charge in [0, 0.05) is 61.8 Å². The maximum absolute atomic E-state index is 13.4. The zero-order valence-electron chi connectivity index (χ0n) is 15.6. The van der Waals surface area contributed by atoms with Gasteiger partial charge in [0.1, 0.15) is 17.0 Å². The topological polar surface area (TPSA) is 74.2 Å². The Labute approximate surface area is 165 Å². The molecule has 7 nitrogen and oxygen atoms in total. The number of fused-ring (bicyclic) bond motifs is 2. The Balaban J connectivity index is 1.50. The van der Waals surface area contributed by atoms with Crippen molar-refractivity contribution in [3.8, 4) is 11.3 Å². The Hall–Kier alpha value is -3.23. The zero-order chi connectivity index (χ0) is 20.0. The third-order valence-corrected chi connectivity index (χ3v) is 5.36. The van der Waals surface area contributed by atoms with Crippen LogP contribution in [0.4, 0.5) is 10.1 Å². The highest BCUT2D eigenvalue weighted by Gasteiger charge is 2.18. The van der Waals surface area contributed by atoms with Crippen LogP contribution in [-0.2, 0) is 0 Å². The molecule has 1 aromatic carbocycles. The van der Waals surface area contributed by atoms with E-state index in [1.807, 2.05) is 23.1 Å². The SMILES string of the molecule is O=c1oc2cc(N3CCN(CO)CC3)ccc2cc1-c1cn2ccc(F)cc2n1. The van der Waals surface area contributed by atoms with E-state index in [1.165, 1.54) is 12.1 Å². The lowest BCUT2D eigenvalue weighted by atomic mass is 10.1. The standard InChI is InChI=1S/C21H19FN4O3/c22-15-3-4-26-12-18(23-20(26)10-15)17-9-14-1-2-16(11-19(14)29-21(17)28)25-7-5-24(13-27)6-8-25/h1-4,9-12,27H,5-8,13H2. The fourth-order valence-electron chi connectivity index (χ4n) is 3.71. The van der Waals surface area contributed by atoms with Crippen LogP contribution in [0, 0.1) is 5.82 Å². The molecule has 1 aliphatic heterocycles. The van der Waals surface area contributed by atoms with Crippen molar-refractivity contribution in [3.63, 3.8) is 0 Å². The summed E-state index contributed by atoms with van der Waals surface area (Å²) in [5, 5.41) is 10.0. The lowest BCUT2D eigenvalue weighted by molar-refractivity contribution is 0.102. The number of hydrogen-bond acceptors (Lipinski definition) is 6. The minimum absolute atomic E-state index is 0.0684. The van der Waals surface area contributed by atoms with Crippen molar-refractivity contribution in [2.75, 3.05) is 37.8 Å². The summed E-state index contributed by atoms with van der Waals surface area (Å²) in [6.45, 7) is 3.23. The summed E-state index contributed by atoms with van der Waals surface area (Å²) in [4.78, 5) is 21.1. The molecule has 1 saturated heterocycles. The molecule has 4 heterocycles. The number of nitrogens with zero attached hydrogens (tertiary/aromatic N) is 4. The van der Waals surface area contributed by atoms with E-state index in [2.05, 4.69) is 9.88 Å². The molecule has 0 radical (unpaired) electrons. The smallest absolute Gasteiger partial charge is 0.345 e. The van der Waals surface area contributed by atoms with Gasteiger partial charge in [-0.25, -0.2) is 14.2 Å². The largest absolute Gasteiger partial charge is 0.422 e. The monoisotopic (exact) mass is 394 g/mol. The molecular weight excluding hydrogens is 375 g/mol. The summed E-state index contributed by atoms with van der Waals surface area (Å²) in [6.07, 6.45) is 3.24. The average Bonchev–Trinajstić information content (AvgIpc) is 3.15. The van der Waals surface area contributed by atoms with Gasteiger partial charge in [0.2, 0.25) is 0 Å². The maximum atomic E-state index is 13.4. The summed E-state index contributed by atoms with van der Waals surface area (Å²) in [5.74, 6) is -0.382. The lowest BCUT2D eigenvalue weighted by Gasteiger charge is -2.35.